The zero-order valence-electron chi connectivity index (χ0n) is 17.2. The number of rotatable bonds is 11. The molecule has 2 rings (SSSR count). The summed E-state index contributed by atoms with van der Waals surface area (Å²) in [7, 11) is 0. The van der Waals surface area contributed by atoms with Crippen molar-refractivity contribution in [2.75, 3.05) is 13.2 Å². The quantitative estimate of drug-likeness (QED) is 0.401. The minimum absolute atomic E-state index is 0.0496. The summed E-state index contributed by atoms with van der Waals surface area (Å²) in [5, 5.41) is 0.434. The molecule has 1 saturated heterocycles. The second kappa shape index (κ2) is 12.6. The summed E-state index contributed by atoms with van der Waals surface area (Å²) in [5.74, 6) is 0.698. The lowest BCUT2D eigenvalue weighted by Gasteiger charge is -2.24. The molecule has 1 aliphatic rings. The number of carbonyl (C=O) groups is 1. The fourth-order valence-electron chi connectivity index (χ4n) is 3.16. The van der Waals surface area contributed by atoms with Gasteiger partial charge >= 0.3 is 5.97 Å². The predicted octanol–water partition coefficient (Wildman–Crippen LogP) is 6.01. The van der Waals surface area contributed by atoms with Gasteiger partial charge in [-0.15, -0.1) is 0 Å². The van der Waals surface area contributed by atoms with E-state index in [1.54, 1.807) is 6.92 Å². The Kier molecular flexibility index (Phi) is 10.4. The summed E-state index contributed by atoms with van der Waals surface area (Å²) in [5.41, 5.74) is 1.01. The fourth-order valence-corrected chi connectivity index (χ4v) is 4.17. The largest absolute Gasteiger partial charge is 0.473 e. The maximum atomic E-state index is 11.7. The molecule has 0 radical (unpaired) electrons. The fraction of sp³-hybridized carbons (Fsp3) is 0.714. The monoisotopic (exact) mass is 429 g/mol. The van der Waals surface area contributed by atoms with Gasteiger partial charge in [-0.25, -0.2) is 4.98 Å². The lowest BCUT2D eigenvalue weighted by molar-refractivity contribution is -0.132. The topological polar surface area (TPSA) is 57.6 Å². The lowest BCUT2D eigenvalue weighted by atomic mass is 9.92. The highest BCUT2D eigenvalue weighted by Crippen LogP contribution is 2.39. The van der Waals surface area contributed by atoms with E-state index in [-0.39, 0.29) is 12.1 Å². The van der Waals surface area contributed by atoms with E-state index in [1.165, 1.54) is 19.3 Å². The summed E-state index contributed by atoms with van der Waals surface area (Å²) in [4.78, 5) is 16.9. The number of aromatic nitrogens is 1. The van der Waals surface area contributed by atoms with Gasteiger partial charge in [-0.3, -0.25) is 4.79 Å². The SMILES string of the molecule is CCCCC(CC)Cc1cnc(OC2CCOCC2)c(Cl)c1SOC(=O)CC. The number of hydrogen-bond donors (Lipinski definition) is 0. The molecule has 0 N–H and O–H groups in total. The molecule has 158 valence electrons. The molecule has 5 nitrogen and oxygen atoms in total. The molecule has 1 aliphatic heterocycles. The molecular weight excluding hydrogens is 398 g/mol. The zero-order chi connectivity index (χ0) is 20.4. The summed E-state index contributed by atoms with van der Waals surface area (Å²) in [6, 6.07) is 0. The molecule has 0 spiro atoms. The van der Waals surface area contributed by atoms with E-state index in [9.17, 15) is 4.79 Å². The predicted molar refractivity (Wildman–Crippen MR) is 113 cm³/mol. The van der Waals surface area contributed by atoms with Crippen molar-refractivity contribution in [3.05, 3.63) is 16.8 Å². The van der Waals surface area contributed by atoms with Crippen LogP contribution in [-0.2, 0) is 20.1 Å². The Hall–Kier alpha value is -0.980. The third-order valence-electron chi connectivity index (χ3n) is 5.02. The van der Waals surface area contributed by atoms with Crippen molar-refractivity contribution in [3.63, 3.8) is 0 Å². The summed E-state index contributed by atoms with van der Waals surface area (Å²) in [6.07, 6.45) is 9.37. The van der Waals surface area contributed by atoms with Gasteiger partial charge in [-0.2, -0.15) is 0 Å². The van der Waals surface area contributed by atoms with Crippen molar-refractivity contribution in [2.45, 2.75) is 83.1 Å². The molecule has 1 aromatic heterocycles. The van der Waals surface area contributed by atoms with E-state index < -0.39 is 0 Å². The highest BCUT2D eigenvalue weighted by Gasteiger charge is 2.23. The van der Waals surface area contributed by atoms with Crippen molar-refractivity contribution < 1.29 is 18.5 Å². The van der Waals surface area contributed by atoms with Crippen molar-refractivity contribution in [2.24, 2.45) is 5.92 Å². The number of nitrogens with zero attached hydrogens (tertiary/aromatic N) is 1. The van der Waals surface area contributed by atoms with Crippen molar-refractivity contribution in [3.8, 4) is 5.88 Å². The molecule has 0 aliphatic carbocycles. The molecule has 2 heterocycles. The van der Waals surface area contributed by atoms with Crippen LogP contribution >= 0.6 is 23.6 Å². The normalized spacial score (nSPS) is 16.0. The standard InChI is InChI=1S/C21H32ClNO4S/c1-4-7-8-15(5-2)13-16-14-23-21(26-17-9-11-25-12-10-17)19(22)20(16)28-27-18(24)6-3/h14-15,17H,4-13H2,1-3H3. The van der Waals surface area contributed by atoms with Gasteiger partial charge in [-0.05, 0) is 17.9 Å². The van der Waals surface area contributed by atoms with E-state index in [0.717, 1.165) is 48.2 Å². The second-order valence-corrected chi connectivity index (χ2v) is 8.29. The first kappa shape index (κ1) is 23.3. The average molecular weight is 430 g/mol. The van der Waals surface area contributed by atoms with Crippen LogP contribution in [0.3, 0.4) is 0 Å². The summed E-state index contributed by atoms with van der Waals surface area (Å²) >= 11 is 7.69. The van der Waals surface area contributed by atoms with E-state index in [4.69, 9.17) is 25.3 Å². The first-order valence-electron chi connectivity index (χ1n) is 10.4. The Morgan fingerprint density at radius 2 is 2.11 bits per heavy atom. The molecule has 7 heteroatoms. The maximum absolute atomic E-state index is 11.7. The zero-order valence-corrected chi connectivity index (χ0v) is 18.7. The van der Waals surface area contributed by atoms with Gasteiger partial charge in [0, 0.05) is 25.5 Å². The molecule has 0 saturated carbocycles. The van der Waals surface area contributed by atoms with Gasteiger partial charge in [0.05, 0.1) is 30.2 Å². The summed E-state index contributed by atoms with van der Waals surface area (Å²) in [6.45, 7) is 7.56. The molecule has 0 amide bonds. The first-order chi connectivity index (χ1) is 13.6. The van der Waals surface area contributed by atoms with E-state index >= 15 is 0 Å². The second-order valence-electron chi connectivity index (χ2n) is 7.17. The maximum Gasteiger partial charge on any atom is 0.317 e. The number of pyridine rings is 1. The van der Waals surface area contributed by atoms with Gasteiger partial charge in [-0.1, -0.05) is 58.1 Å². The molecule has 1 fully saturated rings. The van der Waals surface area contributed by atoms with E-state index in [2.05, 4.69) is 18.8 Å². The highest BCUT2D eigenvalue weighted by atomic mass is 35.5. The van der Waals surface area contributed by atoms with Gasteiger partial charge in [0.1, 0.15) is 11.1 Å². The van der Waals surface area contributed by atoms with Crippen LogP contribution in [0.2, 0.25) is 5.02 Å². The van der Waals surface area contributed by atoms with Crippen molar-refractivity contribution in [1.82, 2.24) is 4.98 Å². The molecule has 1 aromatic rings. The number of halogens is 1. The van der Waals surface area contributed by atoms with Crippen LogP contribution in [0.5, 0.6) is 5.88 Å². The van der Waals surface area contributed by atoms with Crippen LogP contribution in [0.1, 0.15) is 71.3 Å². The number of ether oxygens (including phenoxy) is 2. The Labute approximate surface area is 178 Å². The van der Waals surface area contributed by atoms with Gasteiger partial charge in [0.2, 0.25) is 5.88 Å². The Bertz CT molecular complexity index is 623. The van der Waals surface area contributed by atoms with E-state index in [1.807, 2.05) is 6.20 Å². The Morgan fingerprint density at radius 3 is 2.75 bits per heavy atom. The molecule has 28 heavy (non-hydrogen) atoms. The van der Waals surface area contributed by atoms with Gasteiger partial charge < -0.3 is 13.7 Å². The lowest BCUT2D eigenvalue weighted by Crippen LogP contribution is -2.26. The molecule has 0 bridgehead atoms. The third kappa shape index (κ3) is 7.12. The van der Waals surface area contributed by atoms with Crippen LogP contribution in [0.4, 0.5) is 0 Å². The molecular formula is C21H32ClNO4S. The smallest absolute Gasteiger partial charge is 0.317 e. The molecule has 1 unspecified atom stereocenters. The van der Waals surface area contributed by atoms with Crippen LogP contribution in [0, 0.1) is 5.92 Å². The molecule has 0 aromatic carbocycles. The van der Waals surface area contributed by atoms with Crippen molar-refractivity contribution >= 4 is 29.6 Å². The van der Waals surface area contributed by atoms with Crippen molar-refractivity contribution in [1.29, 1.82) is 0 Å². The number of carbonyl (C=O) groups excluding carboxylic acids is 1. The van der Waals surface area contributed by atoms with Crippen LogP contribution in [-0.4, -0.2) is 30.3 Å². The van der Waals surface area contributed by atoms with Gasteiger partial charge in [0.15, 0.2) is 0 Å². The van der Waals surface area contributed by atoms with E-state index in [0.29, 0.717) is 36.5 Å². The van der Waals surface area contributed by atoms with Crippen LogP contribution in [0.25, 0.3) is 0 Å². The Morgan fingerprint density at radius 1 is 1.36 bits per heavy atom. The highest BCUT2D eigenvalue weighted by molar-refractivity contribution is 7.95. The molecule has 1 atom stereocenters. The van der Waals surface area contributed by atoms with Crippen LogP contribution in [0.15, 0.2) is 11.1 Å². The van der Waals surface area contributed by atoms with Crippen LogP contribution < -0.4 is 4.74 Å². The minimum Gasteiger partial charge on any atom is -0.473 e. The summed E-state index contributed by atoms with van der Waals surface area (Å²) < 4.78 is 16.7. The van der Waals surface area contributed by atoms with Gasteiger partial charge in [0.25, 0.3) is 0 Å². The number of unbranched alkanes of at least 4 members (excludes halogenated alkanes) is 1. The Balaban J connectivity index is 2.21. The number of hydrogen-bond acceptors (Lipinski definition) is 6. The third-order valence-corrected chi connectivity index (χ3v) is 6.39. The first-order valence-corrected chi connectivity index (χ1v) is 11.5. The minimum atomic E-state index is -0.270. The average Bonchev–Trinajstić information content (AvgIpc) is 2.72.